The molecule has 1 atom stereocenters. The smallest absolute Gasteiger partial charge is 0.162 e. The fourth-order valence-electron chi connectivity index (χ4n) is 3.33. The highest BCUT2D eigenvalue weighted by molar-refractivity contribution is 5.95. The zero-order valence-corrected chi connectivity index (χ0v) is 14.0. The fourth-order valence-corrected chi connectivity index (χ4v) is 3.33. The van der Waals surface area contributed by atoms with Crippen molar-refractivity contribution >= 4 is 11.6 Å². The van der Waals surface area contributed by atoms with Crippen LogP contribution in [-0.4, -0.2) is 21.6 Å². The van der Waals surface area contributed by atoms with Crippen LogP contribution >= 0.6 is 0 Å². The largest absolute Gasteiger partial charge is 0.358 e. The van der Waals surface area contributed by atoms with Crippen molar-refractivity contribution in [2.45, 2.75) is 38.6 Å². The summed E-state index contributed by atoms with van der Waals surface area (Å²) in [5.41, 5.74) is 1.81. The first-order chi connectivity index (χ1) is 11.6. The first kappa shape index (κ1) is 16.3. The Bertz CT molecular complexity index is 755. The predicted octanol–water partition coefficient (Wildman–Crippen LogP) is 3.31. The molecule has 1 fully saturated rings. The van der Waals surface area contributed by atoms with Crippen LogP contribution in [0.1, 0.15) is 38.7 Å². The number of nitrogens with zero attached hydrogens (tertiary/aromatic N) is 2. The third-order valence-electron chi connectivity index (χ3n) is 4.51. The number of benzene rings is 1. The van der Waals surface area contributed by atoms with Gasteiger partial charge >= 0.3 is 0 Å². The average Bonchev–Trinajstić information content (AvgIpc) is 3.45. The van der Waals surface area contributed by atoms with E-state index in [9.17, 15) is 4.79 Å². The van der Waals surface area contributed by atoms with Gasteiger partial charge in [-0.1, -0.05) is 25.1 Å². The Morgan fingerprint density at radius 1 is 1.38 bits per heavy atom. The van der Waals surface area contributed by atoms with E-state index >= 15 is 0 Å². The standard InChI is InChI=1S/C19H22N4O/c1-3-18(24)19(15-7-8-15,23-13(2)20)16-6-4-5-14(11-16)17-12-21-9-10-22-17/h4-6,9-12,15H,3,7-8H2,1-2H3,(H2,20,23). The molecule has 124 valence electrons. The van der Waals surface area contributed by atoms with E-state index in [4.69, 9.17) is 5.41 Å². The SMILES string of the molecule is CCC(=O)C(NC(C)=N)(c1cccc(-c2cnccn2)c1)C1CC1. The molecule has 0 radical (unpaired) electrons. The highest BCUT2D eigenvalue weighted by atomic mass is 16.1. The van der Waals surface area contributed by atoms with Gasteiger partial charge in [0, 0.05) is 24.4 Å². The van der Waals surface area contributed by atoms with E-state index in [1.165, 1.54) is 0 Å². The molecule has 0 saturated heterocycles. The molecule has 1 aromatic carbocycles. The molecule has 0 amide bonds. The minimum absolute atomic E-state index is 0.132. The summed E-state index contributed by atoms with van der Waals surface area (Å²) in [6, 6.07) is 7.90. The molecule has 5 heteroatoms. The summed E-state index contributed by atoms with van der Waals surface area (Å²) in [4.78, 5) is 21.4. The predicted molar refractivity (Wildman–Crippen MR) is 93.7 cm³/mol. The fraction of sp³-hybridized carbons (Fsp3) is 0.368. The molecular formula is C19H22N4O. The molecular weight excluding hydrogens is 300 g/mol. The van der Waals surface area contributed by atoms with Crippen molar-refractivity contribution < 1.29 is 4.79 Å². The zero-order chi connectivity index (χ0) is 17.2. The van der Waals surface area contributed by atoms with Crippen molar-refractivity contribution in [3.05, 3.63) is 48.4 Å². The molecule has 2 aromatic rings. The maximum atomic E-state index is 12.9. The molecule has 0 bridgehead atoms. The number of carbonyl (C=O) groups is 1. The van der Waals surface area contributed by atoms with E-state index in [1.54, 1.807) is 25.5 Å². The first-order valence-electron chi connectivity index (χ1n) is 8.31. The van der Waals surface area contributed by atoms with Crippen LogP contribution in [0.5, 0.6) is 0 Å². The van der Waals surface area contributed by atoms with E-state index in [-0.39, 0.29) is 11.7 Å². The summed E-state index contributed by atoms with van der Waals surface area (Å²) in [6.45, 7) is 3.57. The Hall–Kier alpha value is -2.56. The highest BCUT2D eigenvalue weighted by Crippen LogP contribution is 2.47. The van der Waals surface area contributed by atoms with Crippen molar-refractivity contribution in [1.82, 2.24) is 15.3 Å². The van der Waals surface area contributed by atoms with Crippen molar-refractivity contribution in [3.63, 3.8) is 0 Å². The van der Waals surface area contributed by atoms with Crippen LogP contribution < -0.4 is 5.32 Å². The molecule has 1 saturated carbocycles. The van der Waals surface area contributed by atoms with Gasteiger partial charge in [0.05, 0.1) is 17.7 Å². The van der Waals surface area contributed by atoms with E-state index in [2.05, 4.69) is 15.3 Å². The number of nitrogens with one attached hydrogen (secondary N) is 2. The summed E-state index contributed by atoms with van der Waals surface area (Å²) >= 11 is 0. The van der Waals surface area contributed by atoms with E-state index in [0.717, 1.165) is 29.7 Å². The number of rotatable bonds is 6. The Morgan fingerprint density at radius 3 is 2.75 bits per heavy atom. The van der Waals surface area contributed by atoms with Crippen LogP contribution in [0.3, 0.4) is 0 Å². The number of aromatic nitrogens is 2. The summed E-state index contributed by atoms with van der Waals surface area (Å²) < 4.78 is 0. The average molecular weight is 322 g/mol. The molecule has 3 rings (SSSR count). The Labute approximate surface area is 142 Å². The van der Waals surface area contributed by atoms with Crippen LogP contribution in [0, 0.1) is 11.3 Å². The third-order valence-corrected chi connectivity index (χ3v) is 4.51. The summed E-state index contributed by atoms with van der Waals surface area (Å²) in [6.07, 6.45) is 7.46. The zero-order valence-electron chi connectivity index (χ0n) is 14.0. The van der Waals surface area contributed by atoms with Crippen LogP contribution in [0.15, 0.2) is 42.9 Å². The van der Waals surface area contributed by atoms with Gasteiger partial charge in [-0.15, -0.1) is 0 Å². The van der Waals surface area contributed by atoms with E-state index in [1.807, 2.05) is 31.2 Å². The Balaban J connectivity index is 2.11. The third kappa shape index (κ3) is 2.94. The second kappa shape index (κ2) is 6.51. The summed E-state index contributed by atoms with van der Waals surface area (Å²) in [7, 11) is 0. The van der Waals surface area contributed by atoms with Crippen molar-refractivity contribution in [3.8, 4) is 11.3 Å². The molecule has 1 aliphatic rings. The summed E-state index contributed by atoms with van der Waals surface area (Å²) in [5.74, 6) is 0.684. The lowest BCUT2D eigenvalue weighted by molar-refractivity contribution is -0.125. The topological polar surface area (TPSA) is 78.7 Å². The quantitative estimate of drug-likeness (QED) is 0.631. The van der Waals surface area contributed by atoms with Gasteiger partial charge < -0.3 is 5.32 Å². The van der Waals surface area contributed by atoms with Gasteiger partial charge in [0.2, 0.25) is 0 Å². The lowest BCUT2D eigenvalue weighted by Gasteiger charge is -2.35. The number of Topliss-reactive ketones (excluding diaryl/α,β-unsaturated/α-hetero) is 1. The number of ketones is 1. The number of hydrogen-bond acceptors (Lipinski definition) is 4. The number of carbonyl (C=O) groups excluding carboxylic acids is 1. The second-order valence-electron chi connectivity index (χ2n) is 6.28. The van der Waals surface area contributed by atoms with Gasteiger partial charge in [-0.25, -0.2) is 0 Å². The molecule has 1 heterocycles. The van der Waals surface area contributed by atoms with E-state index in [0.29, 0.717) is 12.3 Å². The molecule has 0 aliphatic heterocycles. The molecule has 1 aromatic heterocycles. The van der Waals surface area contributed by atoms with Gasteiger partial charge in [0.25, 0.3) is 0 Å². The molecule has 24 heavy (non-hydrogen) atoms. The molecule has 1 aliphatic carbocycles. The van der Waals surface area contributed by atoms with Crippen molar-refractivity contribution in [1.29, 1.82) is 5.41 Å². The minimum atomic E-state index is -0.807. The monoisotopic (exact) mass is 322 g/mol. The van der Waals surface area contributed by atoms with Crippen molar-refractivity contribution in [2.75, 3.05) is 0 Å². The molecule has 1 unspecified atom stereocenters. The lowest BCUT2D eigenvalue weighted by atomic mass is 9.79. The molecule has 5 nitrogen and oxygen atoms in total. The van der Waals surface area contributed by atoms with Crippen LogP contribution in [0.4, 0.5) is 0 Å². The molecule has 0 spiro atoms. The van der Waals surface area contributed by atoms with E-state index < -0.39 is 5.54 Å². The van der Waals surface area contributed by atoms with Gasteiger partial charge in [-0.2, -0.15) is 0 Å². The van der Waals surface area contributed by atoms with Crippen LogP contribution in [-0.2, 0) is 10.3 Å². The van der Waals surface area contributed by atoms with Gasteiger partial charge in [0.1, 0.15) is 5.54 Å². The van der Waals surface area contributed by atoms with Crippen LogP contribution in [0.25, 0.3) is 11.3 Å². The second-order valence-corrected chi connectivity index (χ2v) is 6.28. The van der Waals surface area contributed by atoms with Crippen molar-refractivity contribution in [2.24, 2.45) is 5.92 Å². The number of hydrogen-bond donors (Lipinski definition) is 2. The maximum Gasteiger partial charge on any atom is 0.162 e. The lowest BCUT2D eigenvalue weighted by Crippen LogP contribution is -2.52. The Morgan fingerprint density at radius 2 is 2.17 bits per heavy atom. The van der Waals surface area contributed by atoms with Gasteiger partial charge in [-0.3, -0.25) is 20.2 Å². The normalized spacial score (nSPS) is 16.2. The molecule has 2 N–H and O–H groups in total. The summed E-state index contributed by atoms with van der Waals surface area (Å²) in [5, 5.41) is 11.1. The van der Waals surface area contributed by atoms with Gasteiger partial charge in [-0.05, 0) is 37.3 Å². The maximum absolute atomic E-state index is 12.9. The first-order valence-corrected chi connectivity index (χ1v) is 8.31. The van der Waals surface area contributed by atoms with Gasteiger partial charge in [0.15, 0.2) is 5.78 Å². The van der Waals surface area contributed by atoms with Crippen LogP contribution in [0.2, 0.25) is 0 Å². The Kier molecular flexibility index (Phi) is 4.42. The number of amidine groups is 1. The minimum Gasteiger partial charge on any atom is -0.358 e. The highest BCUT2D eigenvalue weighted by Gasteiger charge is 2.51.